The molecule has 0 spiro atoms. The second-order valence-electron chi connectivity index (χ2n) is 6.94. The number of rotatable bonds is 1. The quantitative estimate of drug-likeness (QED) is 0.299. The van der Waals surface area contributed by atoms with Crippen molar-refractivity contribution < 1.29 is 18.1 Å². The number of halogens is 3. The number of nitriles is 1. The van der Waals surface area contributed by atoms with Gasteiger partial charge in [-0.2, -0.15) is 15.5 Å². The number of hydrogen-bond donors (Lipinski definition) is 2. The van der Waals surface area contributed by atoms with E-state index in [2.05, 4.69) is 10.2 Å². The van der Waals surface area contributed by atoms with Crippen LogP contribution >= 0.6 is 11.6 Å². The van der Waals surface area contributed by atoms with E-state index in [-0.39, 0.29) is 17.9 Å². The van der Waals surface area contributed by atoms with Crippen LogP contribution in [0.4, 0.5) is 20.5 Å². The second-order valence-corrected chi connectivity index (χ2v) is 7.18. The van der Waals surface area contributed by atoms with Gasteiger partial charge in [-0.1, -0.05) is 19.0 Å². The fourth-order valence-corrected chi connectivity index (χ4v) is 3.19. The van der Waals surface area contributed by atoms with Gasteiger partial charge in [0.2, 0.25) is 0 Å². The molecule has 2 bridgehead atoms. The molecule has 0 saturated carbocycles. The van der Waals surface area contributed by atoms with Crippen molar-refractivity contribution in [3.8, 4) is 6.07 Å². The lowest BCUT2D eigenvalue weighted by molar-refractivity contribution is -1.15. The SMILES string of the molecule is C.CC#N.Cn1ncc(F)c1N.Cn1nccc1N.F[N+]12CC[N+](CCl)(CC1)CC2. The van der Waals surface area contributed by atoms with Gasteiger partial charge in [-0.3, -0.25) is 13.8 Å². The van der Waals surface area contributed by atoms with Crippen LogP contribution in [0, 0.1) is 17.1 Å². The first-order valence-corrected chi connectivity index (χ1v) is 9.59. The fraction of sp³-hybridized carbons (Fsp3) is 0.611. The lowest BCUT2D eigenvalue weighted by Crippen LogP contribution is -2.71. The molecular formula is C18H34ClF2N9+2. The number of alkyl halides is 1. The number of anilines is 2. The highest BCUT2D eigenvalue weighted by molar-refractivity contribution is 6.17. The van der Waals surface area contributed by atoms with Gasteiger partial charge in [0.15, 0.2) is 37.3 Å². The predicted molar refractivity (Wildman–Crippen MR) is 115 cm³/mol. The summed E-state index contributed by atoms with van der Waals surface area (Å²) in [4.78, 5) is 0. The smallest absolute Gasteiger partial charge is 0.184 e. The van der Waals surface area contributed by atoms with Gasteiger partial charge in [0.05, 0.1) is 18.5 Å². The largest absolute Gasteiger partial charge is 0.384 e. The molecule has 3 saturated heterocycles. The van der Waals surface area contributed by atoms with E-state index >= 15 is 0 Å². The molecule has 30 heavy (non-hydrogen) atoms. The number of quaternary nitrogens is 2. The minimum Gasteiger partial charge on any atom is -0.384 e. The van der Waals surface area contributed by atoms with Crippen molar-refractivity contribution in [1.82, 2.24) is 19.6 Å². The lowest BCUT2D eigenvalue weighted by Gasteiger charge is -2.48. The van der Waals surface area contributed by atoms with Crippen molar-refractivity contribution >= 4 is 23.2 Å². The van der Waals surface area contributed by atoms with Crippen LogP contribution < -0.4 is 11.5 Å². The van der Waals surface area contributed by atoms with Crippen LogP contribution in [0.2, 0.25) is 0 Å². The number of aryl methyl sites for hydroxylation is 2. The number of aromatic nitrogens is 4. The number of nitrogen functional groups attached to an aromatic ring is 2. The van der Waals surface area contributed by atoms with E-state index < -0.39 is 5.82 Å². The third-order valence-corrected chi connectivity index (χ3v) is 5.48. The van der Waals surface area contributed by atoms with Crippen LogP contribution in [0.3, 0.4) is 0 Å². The Morgan fingerprint density at radius 1 is 1.13 bits per heavy atom. The zero-order valence-corrected chi connectivity index (χ0v) is 17.9. The molecule has 2 aromatic heterocycles. The molecule has 0 atom stereocenters. The molecule has 3 aliphatic heterocycles. The van der Waals surface area contributed by atoms with Crippen LogP contribution in [-0.2, 0) is 14.1 Å². The Kier molecular flexibility index (Phi) is 11.3. The Hall–Kier alpha value is -2.42. The van der Waals surface area contributed by atoms with Gasteiger partial charge in [-0.25, -0.2) is 4.39 Å². The molecule has 170 valence electrons. The van der Waals surface area contributed by atoms with Crippen LogP contribution in [0.25, 0.3) is 0 Å². The summed E-state index contributed by atoms with van der Waals surface area (Å²) < 4.78 is 29.3. The first-order valence-electron chi connectivity index (χ1n) is 9.06. The monoisotopic (exact) mass is 449 g/mol. The molecule has 5 heterocycles. The van der Waals surface area contributed by atoms with Gasteiger partial charge in [0.1, 0.15) is 25.5 Å². The average Bonchev–Trinajstić information content (AvgIpc) is 3.23. The summed E-state index contributed by atoms with van der Waals surface area (Å²) in [6.45, 7) is 6.24. The highest BCUT2D eigenvalue weighted by atomic mass is 35.5. The molecule has 3 aliphatic rings. The van der Waals surface area contributed by atoms with Crippen molar-refractivity contribution in [3.05, 3.63) is 24.3 Å². The van der Waals surface area contributed by atoms with Crippen molar-refractivity contribution in [2.75, 3.05) is 56.7 Å². The Bertz CT molecular complexity index is 739. The number of nitrogens with zero attached hydrogens (tertiary/aromatic N) is 7. The summed E-state index contributed by atoms with van der Waals surface area (Å²) in [6.07, 6.45) is 2.74. The van der Waals surface area contributed by atoms with Crippen LogP contribution in [0.5, 0.6) is 0 Å². The summed E-state index contributed by atoms with van der Waals surface area (Å²) in [5, 5.41) is 14.7. The molecule has 3 fully saturated rings. The average molecular weight is 450 g/mol. The van der Waals surface area contributed by atoms with E-state index in [4.69, 9.17) is 28.3 Å². The predicted octanol–water partition coefficient (Wildman–Crippen LogP) is 2.04. The molecule has 0 unspecified atom stereocenters. The molecule has 0 amide bonds. The van der Waals surface area contributed by atoms with E-state index in [0.29, 0.717) is 31.5 Å². The topological polar surface area (TPSA) is 111 Å². The summed E-state index contributed by atoms with van der Waals surface area (Å²) in [5.74, 6) is 0.303. The van der Waals surface area contributed by atoms with Gasteiger partial charge < -0.3 is 11.5 Å². The van der Waals surface area contributed by atoms with Crippen LogP contribution in [-0.4, -0.2) is 74.0 Å². The first-order chi connectivity index (χ1) is 13.6. The Labute approximate surface area is 182 Å². The minimum absolute atomic E-state index is 0. The maximum absolute atomic E-state index is 13.5. The van der Waals surface area contributed by atoms with Gasteiger partial charge in [-0.15, -0.1) is 4.71 Å². The zero-order chi connectivity index (χ0) is 22.1. The zero-order valence-electron chi connectivity index (χ0n) is 17.1. The molecule has 2 aromatic rings. The third-order valence-electron chi connectivity index (χ3n) is 4.98. The number of nitrogens with two attached hydrogens (primary N) is 2. The summed E-state index contributed by atoms with van der Waals surface area (Å²) >= 11 is 5.85. The molecule has 0 radical (unpaired) electrons. The molecule has 9 nitrogen and oxygen atoms in total. The number of hydrogen-bond acceptors (Lipinski definition) is 5. The van der Waals surface area contributed by atoms with E-state index in [9.17, 15) is 8.87 Å². The summed E-state index contributed by atoms with van der Waals surface area (Å²) in [5.41, 5.74) is 10.5. The van der Waals surface area contributed by atoms with Crippen molar-refractivity contribution in [3.63, 3.8) is 0 Å². The molecule has 0 aromatic carbocycles. The van der Waals surface area contributed by atoms with E-state index in [0.717, 1.165) is 30.3 Å². The normalized spacial score (nSPS) is 23.2. The Morgan fingerprint density at radius 2 is 1.63 bits per heavy atom. The van der Waals surface area contributed by atoms with Crippen molar-refractivity contribution in [1.29, 1.82) is 5.26 Å². The van der Waals surface area contributed by atoms with Crippen LogP contribution in [0.15, 0.2) is 18.5 Å². The van der Waals surface area contributed by atoms with Gasteiger partial charge in [-0.05, 0) is 10.5 Å². The standard InChI is InChI=1S/C7H14ClFN2.C4H6FN3.C4H7N3.C2H3N.CH4/c8-7-10-1-4-11(9,5-2-10)6-3-10;1-8-4(6)3(5)2-7-8;1-7-4(5)2-3-6-7;1-2-3;/h1-7H2;2H,6H2,1H3;2-3H,5H2,1H3;1H3;1H4/q+2;;;;. The summed E-state index contributed by atoms with van der Waals surface area (Å²) in [6, 6.07) is 4.17. The molecule has 5 rings (SSSR count). The Morgan fingerprint density at radius 3 is 1.83 bits per heavy atom. The van der Waals surface area contributed by atoms with E-state index in [1.54, 1.807) is 37.1 Å². The first kappa shape index (κ1) is 27.6. The highest BCUT2D eigenvalue weighted by Gasteiger charge is 2.50. The van der Waals surface area contributed by atoms with Gasteiger partial charge in [0, 0.05) is 21.0 Å². The molecule has 4 N–H and O–H groups in total. The molecule has 12 heteroatoms. The maximum Gasteiger partial charge on any atom is 0.184 e. The second kappa shape index (κ2) is 12.3. The molecular weight excluding hydrogens is 416 g/mol. The third kappa shape index (κ3) is 7.78. The number of fused-ring (bicyclic) bond motifs is 3. The maximum atomic E-state index is 13.5. The minimum atomic E-state index is -0.465. The van der Waals surface area contributed by atoms with Crippen molar-refractivity contribution in [2.24, 2.45) is 14.1 Å². The fourth-order valence-electron chi connectivity index (χ4n) is 2.83. The number of piperazine rings is 3. The highest BCUT2D eigenvalue weighted by Crippen LogP contribution is 2.27. The Balaban J connectivity index is 0.000000398. The van der Waals surface area contributed by atoms with Gasteiger partial charge in [0.25, 0.3) is 0 Å². The lowest BCUT2D eigenvalue weighted by atomic mass is 10.2. The molecule has 0 aliphatic carbocycles. The van der Waals surface area contributed by atoms with E-state index in [1.165, 1.54) is 11.6 Å². The van der Waals surface area contributed by atoms with Crippen molar-refractivity contribution in [2.45, 2.75) is 14.4 Å². The summed E-state index contributed by atoms with van der Waals surface area (Å²) in [7, 11) is 3.38. The van der Waals surface area contributed by atoms with E-state index in [1.807, 2.05) is 0 Å². The van der Waals surface area contributed by atoms with Gasteiger partial charge >= 0.3 is 0 Å². The van der Waals surface area contributed by atoms with Crippen LogP contribution in [0.1, 0.15) is 14.4 Å².